The Hall–Kier alpha value is -1.92. The van der Waals surface area contributed by atoms with Crippen molar-refractivity contribution in [1.82, 2.24) is 9.88 Å². The Labute approximate surface area is 133 Å². The quantitative estimate of drug-likeness (QED) is 0.869. The minimum atomic E-state index is 0.0225. The lowest BCUT2D eigenvalue weighted by atomic mass is 10.1. The Morgan fingerprint density at radius 1 is 1.55 bits per heavy atom. The van der Waals surface area contributed by atoms with Crippen molar-refractivity contribution in [3.63, 3.8) is 0 Å². The van der Waals surface area contributed by atoms with Gasteiger partial charge < -0.3 is 14.4 Å². The molecule has 2 heterocycles. The molecule has 0 saturated carbocycles. The molecule has 0 aliphatic carbocycles. The van der Waals surface area contributed by atoms with E-state index in [2.05, 4.69) is 4.98 Å². The molecule has 1 fully saturated rings. The molecule has 1 aromatic carbocycles. The smallest absolute Gasteiger partial charge is 0.254 e. The topological polar surface area (TPSA) is 51.7 Å². The zero-order chi connectivity index (χ0) is 15.4. The van der Waals surface area contributed by atoms with Gasteiger partial charge in [0.25, 0.3) is 5.91 Å². The number of rotatable bonds is 4. The number of morpholine rings is 1. The first-order valence-electron chi connectivity index (χ1n) is 7.23. The van der Waals surface area contributed by atoms with E-state index in [4.69, 9.17) is 9.47 Å². The molecule has 1 saturated heterocycles. The molecule has 5 nitrogen and oxygen atoms in total. The van der Waals surface area contributed by atoms with Crippen LogP contribution < -0.4 is 4.74 Å². The maximum Gasteiger partial charge on any atom is 0.254 e. The molecule has 0 bridgehead atoms. The molecule has 1 aliphatic rings. The predicted molar refractivity (Wildman–Crippen MR) is 84.2 cm³/mol. The van der Waals surface area contributed by atoms with Gasteiger partial charge in [-0.25, -0.2) is 4.98 Å². The van der Waals surface area contributed by atoms with Gasteiger partial charge in [-0.05, 0) is 25.1 Å². The van der Waals surface area contributed by atoms with Gasteiger partial charge in [0, 0.05) is 24.0 Å². The number of nitrogens with zero attached hydrogens (tertiary/aromatic N) is 2. The van der Waals surface area contributed by atoms with Gasteiger partial charge in [-0.3, -0.25) is 4.79 Å². The zero-order valence-corrected chi connectivity index (χ0v) is 13.2. The number of benzene rings is 1. The third kappa shape index (κ3) is 3.64. The zero-order valence-electron chi connectivity index (χ0n) is 12.4. The third-order valence-corrected chi connectivity index (χ3v) is 4.11. The van der Waals surface area contributed by atoms with Gasteiger partial charge >= 0.3 is 0 Å². The third-order valence-electron chi connectivity index (χ3n) is 3.48. The summed E-state index contributed by atoms with van der Waals surface area (Å²) >= 11 is 1.54. The first-order valence-corrected chi connectivity index (χ1v) is 8.17. The van der Waals surface area contributed by atoms with Gasteiger partial charge in [0.05, 0.1) is 23.9 Å². The van der Waals surface area contributed by atoms with Crippen molar-refractivity contribution in [2.75, 3.05) is 19.7 Å². The monoisotopic (exact) mass is 318 g/mol. The van der Waals surface area contributed by atoms with Crippen molar-refractivity contribution in [3.05, 3.63) is 46.4 Å². The number of hydrogen-bond donors (Lipinski definition) is 0. The largest absolute Gasteiger partial charge is 0.487 e. The van der Waals surface area contributed by atoms with Crippen molar-refractivity contribution < 1.29 is 14.3 Å². The fourth-order valence-electron chi connectivity index (χ4n) is 2.37. The second-order valence-corrected chi connectivity index (χ2v) is 5.95. The second kappa shape index (κ2) is 6.89. The van der Waals surface area contributed by atoms with Gasteiger partial charge in [-0.15, -0.1) is 11.3 Å². The number of thiazole rings is 1. The van der Waals surface area contributed by atoms with E-state index in [0.29, 0.717) is 37.6 Å². The highest BCUT2D eigenvalue weighted by atomic mass is 32.1. The lowest BCUT2D eigenvalue weighted by molar-refractivity contribution is -0.0124. The molecule has 116 valence electrons. The molecule has 1 amide bonds. The molecule has 0 N–H and O–H groups in total. The van der Waals surface area contributed by atoms with E-state index in [-0.39, 0.29) is 12.0 Å². The molecule has 3 rings (SSSR count). The molecule has 0 unspecified atom stereocenters. The van der Waals surface area contributed by atoms with Crippen LogP contribution >= 0.6 is 11.3 Å². The summed E-state index contributed by atoms with van der Waals surface area (Å²) < 4.78 is 11.2. The van der Waals surface area contributed by atoms with E-state index >= 15 is 0 Å². The minimum Gasteiger partial charge on any atom is -0.487 e. The van der Waals surface area contributed by atoms with Crippen molar-refractivity contribution >= 4 is 17.2 Å². The van der Waals surface area contributed by atoms with Crippen LogP contribution in [0.2, 0.25) is 0 Å². The molecule has 1 aliphatic heterocycles. The number of carbonyl (C=O) groups is 1. The summed E-state index contributed by atoms with van der Waals surface area (Å²) in [6.45, 7) is 4.24. The molecule has 0 radical (unpaired) electrons. The van der Waals surface area contributed by atoms with Gasteiger partial charge in [0.2, 0.25) is 0 Å². The summed E-state index contributed by atoms with van der Waals surface area (Å²) in [4.78, 5) is 18.5. The SMILES string of the molecule is C[C@H]1CN(C(=O)c2cccc(OCc3cscn3)c2)CCO1. The van der Waals surface area contributed by atoms with E-state index in [0.717, 1.165) is 5.69 Å². The minimum absolute atomic E-state index is 0.0225. The van der Waals surface area contributed by atoms with Crippen LogP contribution in [0.15, 0.2) is 35.2 Å². The van der Waals surface area contributed by atoms with Gasteiger partial charge in [-0.1, -0.05) is 6.07 Å². The summed E-state index contributed by atoms with van der Waals surface area (Å²) in [7, 11) is 0. The van der Waals surface area contributed by atoms with Crippen LogP contribution in [-0.2, 0) is 11.3 Å². The highest BCUT2D eigenvalue weighted by Gasteiger charge is 2.22. The molecule has 1 atom stereocenters. The summed E-state index contributed by atoms with van der Waals surface area (Å²) in [6.07, 6.45) is 0.0850. The molecule has 6 heteroatoms. The average molecular weight is 318 g/mol. The Kier molecular flexibility index (Phi) is 4.70. The maximum absolute atomic E-state index is 12.5. The lowest BCUT2D eigenvalue weighted by Crippen LogP contribution is -2.44. The highest BCUT2D eigenvalue weighted by Crippen LogP contribution is 2.18. The summed E-state index contributed by atoms with van der Waals surface area (Å²) in [5, 5.41) is 1.95. The first kappa shape index (κ1) is 15.0. The van der Waals surface area contributed by atoms with Gasteiger partial charge in [-0.2, -0.15) is 0 Å². The molecule has 2 aromatic rings. The Balaban J connectivity index is 1.66. The van der Waals surface area contributed by atoms with E-state index in [9.17, 15) is 4.79 Å². The van der Waals surface area contributed by atoms with E-state index in [1.165, 1.54) is 11.3 Å². The van der Waals surface area contributed by atoms with Crippen molar-refractivity contribution in [2.45, 2.75) is 19.6 Å². The Bertz CT molecular complexity index is 630. The fourth-order valence-corrected chi connectivity index (χ4v) is 2.91. The molecule has 1 aromatic heterocycles. The van der Waals surface area contributed by atoms with E-state index < -0.39 is 0 Å². The fraction of sp³-hybridized carbons (Fsp3) is 0.375. The van der Waals surface area contributed by atoms with E-state index in [1.54, 1.807) is 11.6 Å². The van der Waals surface area contributed by atoms with Crippen LogP contribution in [0, 0.1) is 0 Å². The normalized spacial score (nSPS) is 18.2. The summed E-state index contributed by atoms with van der Waals surface area (Å²) in [6, 6.07) is 7.30. The number of carbonyl (C=O) groups excluding carboxylic acids is 1. The molecule has 22 heavy (non-hydrogen) atoms. The first-order chi connectivity index (χ1) is 10.7. The van der Waals surface area contributed by atoms with Gasteiger partial charge in [0.1, 0.15) is 12.4 Å². The Morgan fingerprint density at radius 2 is 2.45 bits per heavy atom. The number of hydrogen-bond acceptors (Lipinski definition) is 5. The van der Waals surface area contributed by atoms with Crippen molar-refractivity contribution in [2.24, 2.45) is 0 Å². The summed E-state index contributed by atoms with van der Waals surface area (Å²) in [5.74, 6) is 0.703. The predicted octanol–water partition coefficient (Wildman–Crippen LogP) is 2.58. The number of amides is 1. The standard InChI is InChI=1S/C16H18N2O3S/c1-12-8-18(5-6-20-12)16(19)13-3-2-4-15(7-13)21-9-14-10-22-11-17-14/h2-4,7,10-12H,5-6,8-9H2,1H3/t12-/m0/s1. The Morgan fingerprint density at radius 3 is 3.23 bits per heavy atom. The second-order valence-electron chi connectivity index (χ2n) is 5.23. The molecular formula is C16H18N2O3S. The number of ether oxygens (including phenoxy) is 2. The van der Waals surface area contributed by atoms with Crippen molar-refractivity contribution in [1.29, 1.82) is 0 Å². The maximum atomic E-state index is 12.5. The van der Waals surface area contributed by atoms with Crippen LogP contribution in [0.4, 0.5) is 0 Å². The van der Waals surface area contributed by atoms with Gasteiger partial charge in [0.15, 0.2) is 0 Å². The molecule has 0 spiro atoms. The average Bonchev–Trinajstić information content (AvgIpc) is 3.06. The number of aromatic nitrogens is 1. The van der Waals surface area contributed by atoms with Crippen molar-refractivity contribution in [3.8, 4) is 5.75 Å². The highest BCUT2D eigenvalue weighted by molar-refractivity contribution is 7.07. The van der Waals surface area contributed by atoms with Crippen LogP contribution in [0.5, 0.6) is 5.75 Å². The van der Waals surface area contributed by atoms with E-state index in [1.807, 2.05) is 35.4 Å². The lowest BCUT2D eigenvalue weighted by Gasteiger charge is -2.31. The summed E-state index contributed by atoms with van der Waals surface area (Å²) in [5.41, 5.74) is 3.31. The van der Waals surface area contributed by atoms with Crippen LogP contribution in [0.25, 0.3) is 0 Å². The van der Waals surface area contributed by atoms with Crippen LogP contribution in [-0.4, -0.2) is 41.6 Å². The van der Waals surface area contributed by atoms with Crippen LogP contribution in [0.1, 0.15) is 23.0 Å². The molecular weight excluding hydrogens is 300 g/mol. The van der Waals surface area contributed by atoms with Crippen LogP contribution in [0.3, 0.4) is 0 Å².